The highest BCUT2D eigenvalue weighted by Crippen LogP contribution is 2.32. The van der Waals surface area contributed by atoms with E-state index in [1.807, 2.05) is 18.2 Å². The topological polar surface area (TPSA) is 30.5 Å². The quantitative estimate of drug-likeness (QED) is 0.775. The molecule has 1 aliphatic rings. The molecule has 0 radical (unpaired) electrons. The maximum Gasteiger partial charge on any atom is 0.163 e. The molecule has 1 heterocycles. The molecule has 0 fully saturated rings. The van der Waals surface area contributed by atoms with Crippen LogP contribution in [0.3, 0.4) is 0 Å². The first-order chi connectivity index (χ1) is 7.90. The second kappa shape index (κ2) is 5.64. The van der Waals surface area contributed by atoms with Gasteiger partial charge in [-0.2, -0.15) is 0 Å². The summed E-state index contributed by atoms with van der Waals surface area (Å²) in [5.41, 5.74) is 1.11. The zero-order valence-electron chi connectivity index (χ0n) is 9.79. The van der Waals surface area contributed by atoms with Gasteiger partial charge in [0.05, 0.1) is 0 Å². The summed E-state index contributed by atoms with van der Waals surface area (Å²) < 4.78 is 11.0. The van der Waals surface area contributed by atoms with Crippen molar-refractivity contribution in [2.24, 2.45) is 0 Å². The summed E-state index contributed by atoms with van der Waals surface area (Å²) in [5.74, 6) is 1.71. The van der Waals surface area contributed by atoms with Gasteiger partial charge in [-0.3, -0.25) is 0 Å². The SMILES string of the molecule is CCCCCNc1ccc2c(c1)OCCO2. The van der Waals surface area contributed by atoms with Crippen LogP contribution in [0.2, 0.25) is 0 Å². The van der Waals surface area contributed by atoms with Crippen LogP contribution in [0.5, 0.6) is 11.5 Å². The highest BCUT2D eigenvalue weighted by atomic mass is 16.6. The molecular weight excluding hydrogens is 202 g/mol. The van der Waals surface area contributed by atoms with Crippen molar-refractivity contribution < 1.29 is 9.47 Å². The highest BCUT2D eigenvalue weighted by Gasteiger charge is 2.11. The molecule has 0 bridgehead atoms. The lowest BCUT2D eigenvalue weighted by Crippen LogP contribution is -2.15. The van der Waals surface area contributed by atoms with E-state index in [4.69, 9.17) is 9.47 Å². The van der Waals surface area contributed by atoms with Crippen molar-refractivity contribution in [1.82, 2.24) is 0 Å². The van der Waals surface area contributed by atoms with E-state index in [0.717, 1.165) is 23.7 Å². The fourth-order valence-electron chi connectivity index (χ4n) is 1.76. The fourth-order valence-corrected chi connectivity index (χ4v) is 1.76. The van der Waals surface area contributed by atoms with Crippen LogP contribution >= 0.6 is 0 Å². The van der Waals surface area contributed by atoms with Crippen LogP contribution in [-0.2, 0) is 0 Å². The summed E-state index contributed by atoms with van der Waals surface area (Å²) in [7, 11) is 0. The molecule has 1 aromatic carbocycles. The van der Waals surface area contributed by atoms with Gasteiger partial charge in [-0.05, 0) is 18.6 Å². The minimum atomic E-state index is 0.645. The Kier molecular flexibility index (Phi) is 3.91. The van der Waals surface area contributed by atoms with Crippen LogP contribution in [0, 0.1) is 0 Å². The normalized spacial score (nSPS) is 13.6. The number of ether oxygens (including phenoxy) is 2. The summed E-state index contributed by atoms with van der Waals surface area (Å²) in [4.78, 5) is 0. The largest absolute Gasteiger partial charge is 0.486 e. The lowest BCUT2D eigenvalue weighted by atomic mass is 10.2. The third-order valence-electron chi connectivity index (χ3n) is 2.65. The number of fused-ring (bicyclic) bond motifs is 1. The smallest absolute Gasteiger partial charge is 0.163 e. The van der Waals surface area contributed by atoms with Gasteiger partial charge in [0.15, 0.2) is 11.5 Å². The third-order valence-corrected chi connectivity index (χ3v) is 2.65. The van der Waals surface area contributed by atoms with Crippen LogP contribution in [0.15, 0.2) is 18.2 Å². The molecular formula is C13H19NO2. The molecule has 0 spiro atoms. The van der Waals surface area contributed by atoms with Gasteiger partial charge in [-0.1, -0.05) is 19.8 Å². The van der Waals surface area contributed by atoms with Gasteiger partial charge in [0, 0.05) is 18.3 Å². The number of nitrogens with one attached hydrogen (secondary N) is 1. The van der Waals surface area contributed by atoms with Gasteiger partial charge in [0.2, 0.25) is 0 Å². The summed E-state index contributed by atoms with van der Waals surface area (Å²) in [6, 6.07) is 6.02. The zero-order chi connectivity index (χ0) is 11.2. The minimum absolute atomic E-state index is 0.645. The Morgan fingerprint density at radius 2 is 1.94 bits per heavy atom. The van der Waals surface area contributed by atoms with Crippen LogP contribution in [-0.4, -0.2) is 19.8 Å². The molecule has 0 aromatic heterocycles. The van der Waals surface area contributed by atoms with E-state index in [1.54, 1.807) is 0 Å². The lowest BCUT2D eigenvalue weighted by molar-refractivity contribution is 0.171. The van der Waals surface area contributed by atoms with Gasteiger partial charge in [0.1, 0.15) is 13.2 Å². The molecule has 1 N–H and O–H groups in total. The molecule has 3 heteroatoms. The van der Waals surface area contributed by atoms with Crippen LogP contribution < -0.4 is 14.8 Å². The number of hydrogen-bond acceptors (Lipinski definition) is 3. The van der Waals surface area contributed by atoms with Crippen molar-refractivity contribution in [3.05, 3.63) is 18.2 Å². The molecule has 1 aromatic rings. The molecule has 1 aliphatic heterocycles. The highest BCUT2D eigenvalue weighted by molar-refractivity contribution is 5.55. The van der Waals surface area contributed by atoms with Crippen molar-refractivity contribution in [1.29, 1.82) is 0 Å². The van der Waals surface area contributed by atoms with Gasteiger partial charge < -0.3 is 14.8 Å². The Bertz CT molecular complexity index is 339. The van der Waals surface area contributed by atoms with E-state index in [0.29, 0.717) is 13.2 Å². The molecule has 0 amide bonds. The third kappa shape index (κ3) is 2.81. The standard InChI is InChI=1S/C13H19NO2/c1-2-3-4-7-14-11-5-6-12-13(10-11)16-9-8-15-12/h5-6,10,14H,2-4,7-9H2,1H3. The number of benzene rings is 1. The summed E-state index contributed by atoms with van der Waals surface area (Å²) in [6.45, 7) is 4.53. The number of rotatable bonds is 5. The second-order valence-electron chi connectivity index (χ2n) is 3.99. The van der Waals surface area contributed by atoms with Crippen molar-refractivity contribution in [2.45, 2.75) is 26.2 Å². The molecule has 16 heavy (non-hydrogen) atoms. The summed E-state index contributed by atoms with van der Waals surface area (Å²) >= 11 is 0. The van der Waals surface area contributed by atoms with E-state index in [2.05, 4.69) is 12.2 Å². The van der Waals surface area contributed by atoms with E-state index in [-0.39, 0.29) is 0 Å². The van der Waals surface area contributed by atoms with Crippen molar-refractivity contribution in [2.75, 3.05) is 25.1 Å². The first-order valence-electron chi connectivity index (χ1n) is 6.03. The fraction of sp³-hybridized carbons (Fsp3) is 0.538. The van der Waals surface area contributed by atoms with E-state index in [9.17, 15) is 0 Å². The van der Waals surface area contributed by atoms with Crippen LogP contribution in [0.4, 0.5) is 5.69 Å². The first-order valence-corrected chi connectivity index (χ1v) is 6.03. The van der Waals surface area contributed by atoms with Crippen molar-refractivity contribution in [3.63, 3.8) is 0 Å². The predicted molar refractivity (Wildman–Crippen MR) is 65.4 cm³/mol. The van der Waals surface area contributed by atoms with E-state index >= 15 is 0 Å². The van der Waals surface area contributed by atoms with Crippen molar-refractivity contribution >= 4 is 5.69 Å². The van der Waals surface area contributed by atoms with Gasteiger partial charge in [-0.25, -0.2) is 0 Å². The summed E-state index contributed by atoms with van der Waals surface area (Å²) in [5, 5.41) is 3.39. The number of hydrogen-bond donors (Lipinski definition) is 1. The minimum Gasteiger partial charge on any atom is -0.486 e. The molecule has 0 saturated heterocycles. The average molecular weight is 221 g/mol. The maximum absolute atomic E-state index is 5.53. The zero-order valence-corrected chi connectivity index (χ0v) is 9.79. The second-order valence-corrected chi connectivity index (χ2v) is 3.99. The molecule has 0 saturated carbocycles. The monoisotopic (exact) mass is 221 g/mol. The number of unbranched alkanes of at least 4 members (excludes halogenated alkanes) is 2. The number of anilines is 1. The average Bonchev–Trinajstić information content (AvgIpc) is 2.34. The first kappa shape index (κ1) is 11.1. The van der Waals surface area contributed by atoms with E-state index < -0.39 is 0 Å². The predicted octanol–water partition coefficient (Wildman–Crippen LogP) is 3.06. The Balaban J connectivity index is 1.90. The molecule has 3 nitrogen and oxygen atoms in total. The Hall–Kier alpha value is -1.38. The molecule has 0 aliphatic carbocycles. The maximum atomic E-state index is 5.53. The lowest BCUT2D eigenvalue weighted by Gasteiger charge is -2.19. The molecule has 88 valence electrons. The van der Waals surface area contributed by atoms with Gasteiger partial charge in [-0.15, -0.1) is 0 Å². The van der Waals surface area contributed by atoms with E-state index in [1.165, 1.54) is 19.3 Å². The molecule has 0 unspecified atom stereocenters. The summed E-state index contributed by atoms with van der Waals surface area (Å²) in [6.07, 6.45) is 3.74. The molecule has 0 atom stereocenters. The van der Waals surface area contributed by atoms with Gasteiger partial charge in [0.25, 0.3) is 0 Å². The van der Waals surface area contributed by atoms with Crippen molar-refractivity contribution in [3.8, 4) is 11.5 Å². The Labute approximate surface area is 96.8 Å². The van der Waals surface area contributed by atoms with Crippen LogP contribution in [0.1, 0.15) is 26.2 Å². The van der Waals surface area contributed by atoms with Crippen LogP contribution in [0.25, 0.3) is 0 Å². The Morgan fingerprint density at radius 3 is 2.75 bits per heavy atom. The Morgan fingerprint density at radius 1 is 1.12 bits per heavy atom. The van der Waals surface area contributed by atoms with Gasteiger partial charge >= 0.3 is 0 Å². The molecule has 2 rings (SSSR count).